The van der Waals surface area contributed by atoms with Crippen LogP contribution in [0.4, 0.5) is 0 Å². The molecule has 0 N–H and O–H groups in total. The maximum Gasteiger partial charge on any atom is 0.118 e. The Kier molecular flexibility index (Phi) is 5.62. The summed E-state index contributed by atoms with van der Waals surface area (Å²) in [6.45, 7) is 0. The van der Waals surface area contributed by atoms with E-state index in [4.69, 9.17) is 9.47 Å². The molecule has 0 spiro atoms. The molecule has 0 aliphatic rings. The predicted molar refractivity (Wildman–Crippen MR) is 121 cm³/mol. The normalized spacial score (nSPS) is 11.3. The molecule has 4 aromatic carbocycles. The van der Waals surface area contributed by atoms with Gasteiger partial charge in [0.2, 0.25) is 0 Å². The monoisotopic (exact) mass is 380 g/mol. The molecule has 0 aliphatic carbocycles. The summed E-state index contributed by atoms with van der Waals surface area (Å²) in [6.07, 6.45) is 4.49. The zero-order chi connectivity index (χ0) is 20.1. The lowest BCUT2D eigenvalue weighted by Crippen LogP contribution is -1.98. The Morgan fingerprint density at radius 1 is 0.621 bits per heavy atom. The molecule has 2 heteroatoms. The van der Waals surface area contributed by atoms with E-state index in [1.165, 1.54) is 27.5 Å². The van der Waals surface area contributed by atoms with Gasteiger partial charge in [0.05, 0.1) is 14.2 Å². The van der Waals surface area contributed by atoms with Gasteiger partial charge in [-0.25, -0.2) is 0 Å². The van der Waals surface area contributed by atoms with Crippen molar-refractivity contribution in [1.29, 1.82) is 0 Å². The Labute approximate surface area is 172 Å². The van der Waals surface area contributed by atoms with Gasteiger partial charge in [0.1, 0.15) is 11.5 Å². The summed E-state index contributed by atoms with van der Waals surface area (Å²) in [5.41, 5.74) is 3.65. The van der Waals surface area contributed by atoms with Crippen molar-refractivity contribution < 1.29 is 9.47 Å². The summed E-state index contributed by atoms with van der Waals surface area (Å²) in [7, 11) is 3.38. The van der Waals surface area contributed by atoms with Gasteiger partial charge in [-0.1, -0.05) is 78.9 Å². The molecule has 0 bridgehead atoms. The molecule has 4 rings (SSSR count). The van der Waals surface area contributed by atoms with Gasteiger partial charge in [-0.15, -0.1) is 0 Å². The number of rotatable bonds is 6. The van der Waals surface area contributed by atoms with Crippen molar-refractivity contribution in [2.45, 2.75) is 5.92 Å². The lowest BCUT2D eigenvalue weighted by molar-refractivity contribution is 0.414. The highest BCUT2D eigenvalue weighted by Crippen LogP contribution is 2.30. The first kappa shape index (κ1) is 18.8. The van der Waals surface area contributed by atoms with Crippen LogP contribution in [0.1, 0.15) is 22.6 Å². The van der Waals surface area contributed by atoms with E-state index in [9.17, 15) is 0 Å². The minimum atomic E-state index is 0.130. The average molecular weight is 380 g/mol. The fourth-order valence-corrected chi connectivity index (χ4v) is 3.63. The molecule has 0 saturated heterocycles. The first-order chi connectivity index (χ1) is 14.3. The second-order valence-corrected chi connectivity index (χ2v) is 6.95. The number of ether oxygens (including phenoxy) is 2. The Morgan fingerprint density at radius 3 is 1.76 bits per heavy atom. The van der Waals surface area contributed by atoms with Crippen LogP contribution in [-0.4, -0.2) is 14.2 Å². The molecule has 2 nitrogen and oxygen atoms in total. The first-order valence-corrected chi connectivity index (χ1v) is 9.72. The number of hydrogen-bond acceptors (Lipinski definition) is 2. The predicted octanol–water partition coefficient (Wildman–Crippen LogP) is 6.70. The second-order valence-electron chi connectivity index (χ2n) is 6.95. The third-order valence-corrected chi connectivity index (χ3v) is 5.24. The van der Waals surface area contributed by atoms with Crippen LogP contribution >= 0.6 is 0 Å². The van der Waals surface area contributed by atoms with Crippen molar-refractivity contribution >= 4 is 16.8 Å². The van der Waals surface area contributed by atoms with Crippen molar-refractivity contribution in [2.24, 2.45) is 0 Å². The number of methoxy groups -OCH3 is 2. The van der Waals surface area contributed by atoms with Crippen LogP contribution in [0.5, 0.6) is 11.5 Å². The van der Waals surface area contributed by atoms with Gasteiger partial charge < -0.3 is 9.47 Å². The standard InChI is InChI=1S/C27H24O2/c1-28-24-15-10-22(11-16-24)27(23-12-17-25(29-2)18-13-23)19-14-21-8-5-7-20-6-3-4-9-26(20)21/h3-19,27H,1-2H3/b19-14+. The van der Waals surface area contributed by atoms with Crippen molar-refractivity contribution in [3.8, 4) is 11.5 Å². The maximum atomic E-state index is 5.33. The Bertz CT molecular complexity index is 1060. The van der Waals surface area contributed by atoms with Gasteiger partial charge in [0.15, 0.2) is 0 Å². The summed E-state index contributed by atoms with van der Waals surface area (Å²) in [6, 6.07) is 31.5. The molecular weight excluding hydrogens is 356 g/mol. The second kappa shape index (κ2) is 8.66. The number of hydrogen-bond donors (Lipinski definition) is 0. The van der Waals surface area contributed by atoms with Crippen LogP contribution in [0.2, 0.25) is 0 Å². The molecule has 0 unspecified atom stereocenters. The van der Waals surface area contributed by atoms with E-state index in [2.05, 4.69) is 78.9 Å². The average Bonchev–Trinajstić information content (AvgIpc) is 2.80. The van der Waals surface area contributed by atoms with Crippen LogP contribution in [0.3, 0.4) is 0 Å². The third-order valence-electron chi connectivity index (χ3n) is 5.24. The molecule has 0 aromatic heterocycles. The van der Waals surface area contributed by atoms with E-state index in [0.717, 1.165) is 11.5 Å². The molecular formula is C27H24O2. The molecule has 29 heavy (non-hydrogen) atoms. The summed E-state index contributed by atoms with van der Waals surface area (Å²) in [4.78, 5) is 0. The molecule has 0 saturated carbocycles. The van der Waals surface area contributed by atoms with E-state index in [1.807, 2.05) is 24.3 Å². The van der Waals surface area contributed by atoms with Crippen LogP contribution in [0.25, 0.3) is 16.8 Å². The number of fused-ring (bicyclic) bond motifs is 1. The quantitative estimate of drug-likeness (QED) is 0.370. The summed E-state index contributed by atoms with van der Waals surface area (Å²) in [5, 5.41) is 2.51. The largest absolute Gasteiger partial charge is 0.497 e. The van der Waals surface area contributed by atoms with Crippen LogP contribution < -0.4 is 9.47 Å². The van der Waals surface area contributed by atoms with E-state index in [1.54, 1.807) is 14.2 Å². The van der Waals surface area contributed by atoms with Crippen molar-refractivity contribution in [3.05, 3.63) is 114 Å². The van der Waals surface area contributed by atoms with Gasteiger partial charge in [-0.05, 0) is 51.7 Å². The lowest BCUT2D eigenvalue weighted by atomic mass is 9.90. The van der Waals surface area contributed by atoms with Gasteiger partial charge in [0.25, 0.3) is 0 Å². The zero-order valence-corrected chi connectivity index (χ0v) is 16.7. The minimum absolute atomic E-state index is 0.130. The summed E-state index contributed by atoms with van der Waals surface area (Å²) >= 11 is 0. The molecule has 4 aromatic rings. The third kappa shape index (κ3) is 4.17. The van der Waals surface area contributed by atoms with Gasteiger partial charge in [-0.3, -0.25) is 0 Å². The molecule has 0 atom stereocenters. The van der Waals surface area contributed by atoms with Crippen LogP contribution in [0.15, 0.2) is 97.1 Å². The maximum absolute atomic E-state index is 5.33. The van der Waals surface area contributed by atoms with Gasteiger partial charge in [0, 0.05) is 5.92 Å². The van der Waals surface area contributed by atoms with Gasteiger partial charge >= 0.3 is 0 Å². The number of benzene rings is 4. The zero-order valence-electron chi connectivity index (χ0n) is 16.7. The molecule has 0 amide bonds. The Balaban J connectivity index is 1.75. The van der Waals surface area contributed by atoms with Crippen LogP contribution in [-0.2, 0) is 0 Å². The SMILES string of the molecule is COc1ccc(C(/C=C/c2cccc3ccccc23)c2ccc(OC)cc2)cc1. The van der Waals surface area contributed by atoms with Gasteiger partial charge in [-0.2, -0.15) is 0 Å². The fourth-order valence-electron chi connectivity index (χ4n) is 3.63. The van der Waals surface area contributed by atoms with Crippen molar-refractivity contribution in [1.82, 2.24) is 0 Å². The fraction of sp³-hybridized carbons (Fsp3) is 0.111. The molecule has 144 valence electrons. The van der Waals surface area contributed by atoms with E-state index in [0.29, 0.717) is 0 Å². The molecule has 0 aliphatic heterocycles. The van der Waals surface area contributed by atoms with E-state index < -0.39 is 0 Å². The minimum Gasteiger partial charge on any atom is -0.497 e. The molecule has 0 radical (unpaired) electrons. The van der Waals surface area contributed by atoms with Crippen molar-refractivity contribution in [2.75, 3.05) is 14.2 Å². The van der Waals surface area contributed by atoms with E-state index in [-0.39, 0.29) is 5.92 Å². The Morgan fingerprint density at radius 2 is 1.17 bits per heavy atom. The smallest absolute Gasteiger partial charge is 0.118 e. The Hall–Kier alpha value is -3.52. The highest BCUT2D eigenvalue weighted by Gasteiger charge is 2.12. The van der Waals surface area contributed by atoms with Crippen molar-refractivity contribution in [3.63, 3.8) is 0 Å². The summed E-state index contributed by atoms with van der Waals surface area (Å²) < 4.78 is 10.7. The topological polar surface area (TPSA) is 18.5 Å². The lowest BCUT2D eigenvalue weighted by Gasteiger charge is -2.15. The molecule has 0 heterocycles. The van der Waals surface area contributed by atoms with Crippen LogP contribution in [0, 0.1) is 0 Å². The highest BCUT2D eigenvalue weighted by molar-refractivity contribution is 5.90. The summed E-state index contributed by atoms with van der Waals surface area (Å²) in [5.74, 6) is 1.85. The van der Waals surface area contributed by atoms with E-state index >= 15 is 0 Å². The molecule has 0 fully saturated rings. The first-order valence-electron chi connectivity index (χ1n) is 9.72. The highest BCUT2D eigenvalue weighted by atomic mass is 16.5. The number of allylic oxidation sites excluding steroid dienone is 1.